The number of carbonyl (C=O) groups is 1. The minimum absolute atomic E-state index is 0.167. The molecule has 1 N–H and O–H groups in total. The van der Waals surface area contributed by atoms with Crippen LogP contribution >= 0.6 is 0 Å². The molecule has 0 aliphatic carbocycles. The maximum atomic E-state index is 12.2. The number of amides is 1. The molecule has 0 radical (unpaired) electrons. The monoisotopic (exact) mass is 325 g/mol. The lowest BCUT2D eigenvalue weighted by atomic mass is 9.93. The highest BCUT2D eigenvalue weighted by atomic mass is 32.2. The lowest BCUT2D eigenvalue weighted by molar-refractivity contribution is -0.121. The van der Waals surface area contributed by atoms with Crippen molar-refractivity contribution < 1.29 is 13.2 Å². The van der Waals surface area contributed by atoms with Crippen LogP contribution in [0.15, 0.2) is 24.3 Å². The summed E-state index contributed by atoms with van der Waals surface area (Å²) in [4.78, 5) is 12.2. The smallest absolute Gasteiger partial charge is 0.238 e. The molecule has 1 amide bonds. The molecule has 124 valence electrons. The maximum Gasteiger partial charge on any atom is 0.238 e. The molecule has 0 aliphatic heterocycles. The Morgan fingerprint density at radius 2 is 1.41 bits per heavy atom. The number of rotatable bonds is 6. The summed E-state index contributed by atoms with van der Waals surface area (Å²) >= 11 is 0. The molecule has 0 aromatic heterocycles. The second-order valence-corrected chi connectivity index (χ2v) is 8.89. The van der Waals surface area contributed by atoms with Crippen LogP contribution in [0, 0.1) is 5.92 Å². The van der Waals surface area contributed by atoms with Crippen molar-refractivity contribution in [3.8, 4) is 0 Å². The summed E-state index contributed by atoms with van der Waals surface area (Å²) in [5.74, 6) is 0.168. The topological polar surface area (TPSA) is 63.2 Å². The maximum absolute atomic E-state index is 12.2. The zero-order valence-electron chi connectivity index (χ0n) is 14.3. The van der Waals surface area contributed by atoms with Gasteiger partial charge in [-0.25, -0.2) is 8.42 Å². The second-order valence-electron chi connectivity index (χ2n) is 6.52. The zero-order valence-corrected chi connectivity index (χ0v) is 15.1. The third-order valence-corrected chi connectivity index (χ3v) is 5.44. The third kappa shape index (κ3) is 4.83. The number of carbonyl (C=O) groups excluding carboxylic acids is 1. The van der Waals surface area contributed by atoms with Gasteiger partial charge in [0.15, 0.2) is 9.84 Å². The molecule has 0 unspecified atom stereocenters. The summed E-state index contributed by atoms with van der Waals surface area (Å²) in [6, 6.07) is 7.93. The summed E-state index contributed by atoms with van der Waals surface area (Å²) in [7, 11) is -3.39. The van der Waals surface area contributed by atoms with Gasteiger partial charge in [0.1, 0.15) is 5.25 Å². The minimum atomic E-state index is -3.39. The molecule has 0 spiro atoms. The second kappa shape index (κ2) is 7.27. The number of sulfone groups is 1. The Morgan fingerprint density at radius 1 is 0.955 bits per heavy atom. The van der Waals surface area contributed by atoms with Crippen molar-refractivity contribution >= 4 is 15.7 Å². The molecular formula is C17H27NO3S. The van der Waals surface area contributed by atoms with E-state index in [1.54, 1.807) is 0 Å². The van der Waals surface area contributed by atoms with E-state index in [-0.39, 0.29) is 12.0 Å². The van der Waals surface area contributed by atoms with Crippen LogP contribution in [0.4, 0.5) is 0 Å². The van der Waals surface area contributed by atoms with E-state index in [4.69, 9.17) is 0 Å². The fourth-order valence-corrected chi connectivity index (χ4v) is 2.65. The lowest BCUT2D eigenvalue weighted by Crippen LogP contribution is -2.41. The van der Waals surface area contributed by atoms with Crippen molar-refractivity contribution in [1.29, 1.82) is 0 Å². The molecule has 1 rings (SSSR count). The van der Waals surface area contributed by atoms with Crippen LogP contribution in [-0.4, -0.2) is 25.8 Å². The van der Waals surface area contributed by atoms with Crippen LogP contribution in [0.1, 0.15) is 57.7 Å². The van der Waals surface area contributed by atoms with E-state index in [0.717, 1.165) is 11.8 Å². The van der Waals surface area contributed by atoms with Gasteiger partial charge in [-0.1, -0.05) is 52.0 Å². The van der Waals surface area contributed by atoms with Crippen molar-refractivity contribution in [2.75, 3.05) is 6.26 Å². The van der Waals surface area contributed by atoms with E-state index in [1.807, 2.05) is 26.0 Å². The minimum Gasteiger partial charge on any atom is -0.348 e. The molecule has 0 bridgehead atoms. The molecule has 0 saturated carbocycles. The predicted molar refractivity (Wildman–Crippen MR) is 90.6 cm³/mol. The van der Waals surface area contributed by atoms with Gasteiger partial charge >= 0.3 is 0 Å². The summed E-state index contributed by atoms with van der Waals surface area (Å²) in [5, 5.41) is 1.83. The van der Waals surface area contributed by atoms with Gasteiger partial charge in [-0.05, 0) is 29.9 Å². The Morgan fingerprint density at radius 3 is 1.77 bits per heavy atom. The van der Waals surface area contributed by atoms with Gasteiger partial charge in [0.25, 0.3) is 0 Å². The molecule has 1 aromatic carbocycles. The van der Waals surface area contributed by atoms with Gasteiger partial charge in [0.2, 0.25) is 5.91 Å². The Bertz CT molecular complexity index is 603. The van der Waals surface area contributed by atoms with E-state index in [0.29, 0.717) is 5.92 Å². The van der Waals surface area contributed by atoms with Crippen LogP contribution in [0.25, 0.3) is 0 Å². The van der Waals surface area contributed by atoms with Gasteiger partial charge in [0.05, 0.1) is 6.04 Å². The Labute approximate surface area is 134 Å². The van der Waals surface area contributed by atoms with Crippen molar-refractivity contribution in [2.45, 2.75) is 51.8 Å². The number of hydrogen-bond donors (Lipinski definition) is 1. The summed E-state index contributed by atoms with van der Waals surface area (Å²) in [5.41, 5.74) is 2.23. The van der Waals surface area contributed by atoms with Crippen molar-refractivity contribution in [3.63, 3.8) is 0 Å². The first-order chi connectivity index (χ1) is 10.0. The van der Waals surface area contributed by atoms with Gasteiger partial charge in [-0.3, -0.25) is 4.79 Å². The largest absolute Gasteiger partial charge is 0.348 e. The van der Waals surface area contributed by atoms with Crippen LogP contribution in [-0.2, 0) is 14.6 Å². The molecule has 0 heterocycles. The highest BCUT2D eigenvalue weighted by molar-refractivity contribution is 7.92. The summed E-state index contributed by atoms with van der Waals surface area (Å²) in [6.45, 7) is 9.69. The molecule has 0 saturated heterocycles. The highest BCUT2D eigenvalue weighted by Gasteiger charge is 2.27. The van der Waals surface area contributed by atoms with Gasteiger partial charge in [0, 0.05) is 6.26 Å². The first-order valence-electron chi connectivity index (χ1n) is 7.63. The van der Waals surface area contributed by atoms with Gasteiger partial charge in [-0.15, -0.1) is 0 Å². The zero-order chi connectivity index (χ0) is 17.1. The van der Waals surface area contributed by atoms with Gasteiger partial charge in [-0.2, -0.15) is 0 Å². The fourth-order valence-electron chi connectivity index (χ4n) is 2.19. The Balaban J connectivity index is 2.97. The molecule has 0 fully saturated rings. The van der Waals surface area contributed by atoms with Crippen molar-refractivity contribution in [2.24, 2.45) is 5.92 Å². The molecule has 2 atom stereocenters. The molecule has 0 aliphatic rings. The van der Waals surface area contributed by atoms with Crippen molar-refractivity contribution in [1.82, 2.24) is 5.32 Å². The van der Waals surface area contributed by atoms with Crippen LogP contribution < -0.4 is 5.32 Å². The summed E-state index contributed by atoms with van der Waals surface area (Å²) < 4.78 is 23.0. The Hall–Kier alpha value is -1.36. The third-order valence-electron chi connectivity index (χ3n) is 3.94. The van der Waals surface area contributed by atoms with Crippen molar-refractivity contribution in [3.05, 3.63) is 35.4 Å². The number of nitrogens with one attached hydrogen (secondary N) is 1. The van der Waals surface area contributed by atoms with Crippen LogP contribution in [0.5, 0.6) is 0 Å². The normalized spacial score (nSPS) is 14.9. The first-order valence-corrected chi connectivity index (χ1v) is 9.58. The number of hydrogen-bond acceptors (Lipinski definition) is 3. The quantitative estimate of drug-likeness (QED) is 0.874. The Kier molecular flexibility index (Phi) is 6.17. The van der Waals surface area contributed by atoms with E-state index in [1.165, 1.54) is 12.5 Å². The van der Waals surface area contributed by atoms with E-state index >= 15 is 0 Å². The fraction of sp³-hybridized carbons (Fsp3) is 0.588. The first kappa shape index (κ1) is 18.7. The molecule has 22 heavy (non-hydrogen) atoms. The molecule has 4 nitrogen and oxygen atoms in total. The van der Waals surface area contributed by atoms with Gasteiger partial charge < -0.3 is 5.32 Å². The predicted octanol–water partition coefficient (Wildman–Crippen LogP) is 3.06. The van der Waals surface area contributed by atoms with E-state index < -0.39 is 21.0 Å². The van der Waals surface area contributed by atoms with Crippen LogP contribution in [0.3, 0.4) is 0 Å². The van der Waals surface area contributed by atoms with E-state index in [2.05, 4.69) is 31.3 Å². The molecular weight excluding hydrogens is 298 g/mol. The SMILES string of the molecule is CC(C)c1ccc([C@@H](NC(=O)[C@H](C)S(C)(=O)=O)C(C)C)cc1. The van der Waals surface area contributed by atoms with Crippen LogP contribution in [0.2, 0.25) is 0 Å². The standard InChI is InChI=1S/C17H27NO3S/c1-11(2)14-7-9-15(10-8-14)16(12(3)4)18-17(19)13(5)22(6,20)21/h7-13,16H,1-6H3,(H,18,19)/t13-,16-/m0/s1. The molecule has 1 aromatic rings. The lowest BCUT2D eigenvalue weighted by Gasteiger charge is -2.25. The number of benzene rings is 1. The highest BCUT2D eigenvalue weighted by Crippen LogP contribution is 2.24. The molecule has 5 heteroatoms. The van der Waals surface area contributed by atoms with E-state index in [9.17, 15) is 13.2 Å². The summed E-state index contributed by atoms with van der Waals surface area (Å²) in [6.07, 6.45) is 1.08. The average Bonchev–Trinajstić information content (AvgIpc) is 2.42. The average molecular weight is 325 g/mol.